The summed E-state index contributed by atoms with van der Waals surface area (Å²) in [6.07, 6.45) is 0.672. The average Bonchev–Trinajstić information content (AvgIpc) is 2.95. The van der Waals surface area contributed by atoms with Gasteiger partial charge in [0.05, 0.1) is 10.6 Å². The van der Waals surface area contributed by atoms with Crippen LogP contribution in [0.4, 0.5) is 11.4 Å². The molecule has 0 bridgehead atoms. The van der Waals surface area contributed by atoms with E-state index in [4.69, 9.17) is 23.2 Å². The number of hydrogen-bond acceptors (Lipinski definition) is 4. The number of nitrogens with one attached hydrogen (secondary N) is 1. The van der Waals surface area contributed by atoms with E-state index in [1.54, 1.807) is 18.2 Å². The zero-order valence-electron chi connectivity index (χ0n) is 17.3. The average molecular weight is 446 g/mol. The van der Waals surface area contributed by atoms with E-state index in [1.165, 1.54) is 4.90 Å². The molecular weight excluding hydrogens is 421 g/mol. The van der Waals surface area contributed by atoms with Gasteiger partial charge in [-0.25, -0.2) is 0 Å². The summed E-state index contributed by atoms with van der Waals surface area (Å²) in [5.74, 6) is -0.705. The summed E-state index contributed by atoms with van der Waals surface area (Å²) in [6.45, 7) is 8.30. The van der Waals surface area contributed by atoms with Crippen LogP contribution < -0.4 is 10.2 Å². The van der Waals surface area contributed by atoms with Gasteiger partial charge in [-0.05, 0) is 56.7 Å². The molecule has 3 rings (SSSR count). The van der Waals surface area contributed by atoms with Crippen molar-refractivity contribution >= 4 is 52.0 Å². The van der Waals surface area contributed by atoms with Crippen molar-refractivity contribution in [2.75, 3.05) is 29.9 Å². The van der Waals surface area contributed by atoms with E-state index in [0.717, 1.165) is 24.5 Å². The number of nitrogens with zero attached hydrogens (tertiary/aromatic N) is 2. The van der Waals surface area contributed by atoms with Crippen molar-refractivity contribution in [3.05, 3.63) is 63.8 Å². The second-order valence-electron chi connectivity index (χ2n) is 6.98. The van der Waals surface area contributed by atoms with E-state index in [1.807, 2.05) is 31.2 Å². The Morgan fingerprint density at radius 2 is 1.60 bits per heavy atom. The fraction of sp³-hybridized carbons (Fsp3) is 0.304. The van der Waals surface area contributed by atoms with Crippen LogP contribution in [-0.4, -0.2) is 36.3 Å². The topological polar surface area (TPSA) is 52.7 Å². The standard InChI is InChI=1S/C23H25Cl2N3O2/c1-4-13-28-22(29)20(18-12-7-15(24)14-19(18)25)21(23(28)30)26-16-8-10-17(11-9-16)27(5-2)6-3/h7-12,14,26H,4-6,13H2,1-3H3. The first-order chi connectivity index (χ1) is 14.4. The van der Waals surface area contributed by atoms with Crippen LogP contribution in [0.15, 0.2) is 48.2 Å². The molecule has 2 aromatic carbocycles. The van der Waals surface area contributed by atoms with Gasteiger partial charge in [0.2, 0.25) is 0 Å². The highest BCUT2D eigenvalue weighted by atomic mass is 35.5. The molecule has 0 unspecified atom stereocenters. The van der Waals surface area contributed by atoms with Gasteiger partial charge in [0.15, 0.2) is 0 Å². The third-order valence-electron chi connectivity index (χ3n) is 5.08. The molecule has 0 spiro atoms. The molecule has 2 amide bonds. The lowest BCUT2D eigenvalue weighted by Gasteiger charge is -2.21. The largest absolute Gasteiger partial charge is 0.372 e. The second kappa shape index (κ2) is 9.54. The van der Waals surface area contributed by atoms with Crippen LogP contribution >= 0.6 is 23.2 Å². The molecule has 0 atom stereocenters. The molecule has 2 aromatic rings. The Hall–Kier alpha value is -2.50. The quantitative estimate of drug-likeness (QED) is 0.549. The number of hydrogen-bond donors (Lipinski definition) is 1. The third kappa shape index (κ3) is 4.32. The Balaban J connectivity index is 2.01. The van der Waals surface area contributed by atoms with Gasteiger partial charge in [0.1, 0.15) is 5.70 Å². The van der Waals surface area contributed by atoms with Gasteiger partial charge < -0.3 is 10.2 Å². The van der Waals surface area contributed by atoms with E-state index >= 15 is 0 Å². The molecule has 7 heteroatoms. The number of anilines is 2. The van der Waals surface area contributed by atoms with Gasteiger partial charge in [-0.1, -0.05) is 36.2 Å². The molecule has 158 valence electrons. The van der Waals surface area contributed by atoms with Gasteiger partial charge >= 0.3 is 0 Å². The Morgan fingerprint density at radius 1 is 0.933 bits per heavy atom. The normalized spacial score (nSPS) is 14.0. The highest BCUT2D eigenvalue weighted by Crippen LogP contribution is 2.35. The molecule has 1 aliphatic heterocycles. The molecule has 1 aliphatic rings. The minimum atomic E-state index is -0.353. The smallest absolute Gasteiger partial charge is 0.278 e. The lowest BCUT2D eigenvalue weighted by Crippen LogP contribution is -2.33. The van der Waals surface area contributed by atoms with E-state index in [9.17, 15) is 9.59 Å². The molecular formula is C23H25Cl2N3O2. The van der Waals surface area contributed by atoms with Crippen molar-refractivity contribution in [1.82, 2.24) is 4.90 Å². The SMILES string of the molecule is CCCN1C(=O)C(Nc2ccc(N(CC)CC)cc2)=C(c2ccc(Cl)cc2Cl)C1=O. The molecule has 0 saturated carbocycles. The summed E-state index contributed by atoms with van der Waals surface area (Å²) in [6, 6.07) is 12.7. The second-order valence-corrected chi connectivity index (χ2v) is 7.82. The molecule has 0 radical (unpaired) electrons. The van der Waals surface area contributed by atoms with Gasteiger partial charge in [-0.15, -0.1) is 0 Å². The Bertz CT molecular complexity index is 982. The molecule has 5 nitrogen and oxygen atoms in total. The lowest BCUT2D eigenvalue weighted by atomic mass is 10.0. The monoisotopic (exact) mass is 445 g/mol. The summed E-state index contributed by atoms with van der Waals surface area (Å²) >= 11 is 12.4. The molecule has 0 saturated heterocycles. The van der Waals surface area contributed by atoms with Gasteiger partial charge in [0, 0.05) is 41.6 Å². The van der Waals surface area contributed by atoms with Crippen molar-refractivity contribution in [3.63, 3.8) is 0 Å². The lowest BCUT2D eigenvalue weighted by molar-refractivity contribution is -0.136. The van der Waals surface area contributed by atoms with Crippen LogP contribution in [-0.2, 0) is 9.59 Å². The van der Waals surface area contributed by atoms with E-state index in [0.29, 0.717) is 28.6 Å². The fourth-order valence-electron chi connectivity index (χ4n) is 3.55. The molecule has 1 N–H and O–H groups in total. The zero-order chi connectivity index (χ0) is 21.8. The Labute approximate surface area is 187 Å². The number of amides is 2. The van der Waals surface area contributed by atoms with Gasteiger partial charge in [0.25, 0.3) is 11.8 Å². The summed E-state index contributed by atoms with van der Waals surface area (Å²) in [5, 5.41) is 3.95. The maximum Gasteiger partial charge on any atom is 0.278 e. The number of rotatable bonds is 8. The fourth-order valence-corrected chi connectivity index (χ4v) is 4.05. The Morgan fingerprint density at radius 3 is 2.17 bits per heavy atom. The van der Waals surface area contributed by atoms with E-state index in [2.05, 4.69) is 24.1 Å². The van der Waals surface area contributed by atoms with Crippen molar-refractivity contribution in [2.24, 2.45) is 0 Å². The van der Waals surface area contributed by atoms with Crippen molar-refractivity contribution in [2.45, 2.75) is 27.2 Å². The molecule has 30 heavy (non-hydrogen) atoms. The van der Waals surface area contributed by atoms with Gasteiger partial charge in [-0.3, -0.25) is 14.5 Å². The highest BCUT2D eigenvalue weighted by molar-refractivity contribution is 6.41. The van der Waals surface area contributed by atoms with Crippen LogP contribution in [0.2, 0.25) is 10.0 Å². The van der Waals surface area contributed by atoms with Crippen LogP contribution in [0.1, 0.15) is 32.8 Å². The number of carbonyl (C=O) groups excluding carboxylic acids is 2. The van der Waals surface area contributed by atoms with Gasteiger partial charge in [-0.2, -0.15) is 0 Å². The number of imide groups is 1. The number of halogens is 2. The van der Waals surface area contributed by atoms with Crippen LogP contribution in [0.25, 0.3) is 5.57 Å². The summed E-state index contributed by atoms with van der Waals surface area (Å²) in [5.41, 5.74) is 2.81. The molecule has 0 fully saturated rings. The van der Waals surface area contributed by atoms with Crippen LogP contribution in [0, 0.1) is 0 Å². The number of carbonyl (C=O) groups is 2. The predicted octanol–water partition coefficient (Wildman–Crippen LogP) is 5.44. The summed E-state index contributed by atoms with van der Waals surface area (Å²) in [4.78, 5) is 29.6. The minimum Gasteiger partial charge on any atom is -0.372 e. The van der Waals surface area contributed by atoms with Crippen molar-refractivity contribution < 1.29 is 9.59 Å². The first kappa shape index (κ1) is 22.2. The molecule has 1 heterocycles. The zero-order valence-corrected chi connectivity index (χ0v) is 18.8. The first-order valence-electron chi connectivity index (χ1n) is 10.1. The maximum absolute atomic E-state index is 13.1. The highest BCUT2D eigenvalue weighted by Gasteiger charge is 2.39. The van der Waals surface area contributed by atoms with E-state index in [-0.39, 0.29) is 23.1 Å². The van der Waals surface area contributed by atoms with Crippen molar-refractivity contribution in [3.8, 4) is 0 Å². The van der Waals surface area contributed by atoms with Crippen LogP contribution in [0.3, 0.4) is 0 Å². The minimum absolute atomic E-state index is 0.230. The summed E-state index contributed by atoms with van der Waals surface area (Å²) < 4.78 is 0. The van der Waals surface area contributed by atoms with Crippen LogP contribution in [0.5, 0.6) is 0 Å². The summed E-state index contributed by atoms with van der Waals surface area (Å²) in [7, 11) is 0. The predicted molar refractivity (Wildman–Crippen MR) is 124 cm³/mol. The van der Waals surface area contributed by atoms with E-state index < -0.39 is 0 Å². The number of benzene rings is 2. The Kier molecular flexibility index (Phi) is 7.06. The van der Waals surface area contributed by atoms with Crippen molar-refractivity contribution in [1.29, 1.82) is 0 Å². The molecule has 0 aromatic heterocycles. The maximum atomic E-state index is 13.1. The first-order valence-corrected chi connectivity index (χ1v) is 10.8. The third-order valence-corrected chi connectivity index (χ3v) is 5.63. The molecule has 0 aliphatic carbocycles.